The first-order chi connectivity index (χ1) is 16.0. The lowest BCUT2D eigenvalue weighted by atomic mass is 9.91. The molecule has 2 fully saturated rings. The number of hydrogen-bond donors (Lipinski definition) is 2. The summed E-state index contributed by atoms with van der Waals surface area (Å²) in [5, 5.41) is 13.2. The van der Waals surface area contributed by atoms with E-state index in [2.05, 4.69) is 5.32 Å². The quantitative estimate of drug-likeness (QED) is 0.478. The lowest BCUT2D eigenvalue weighted by Gasteiger charge is -2.31. The fourth-order valence-corrected chi connectivity index (χ4v) is 5.61. The molecule has 0 saturated heterocycles. The first kappa shape index (κ1) is 24.6. The van der Waals surface area contributed by atoms with Crippen molar-refractivity contribution >= 4 is 16.0 Å². The summed E-state index contributed by atoms with van der Waals surface area (Å²) < 4.78 is 80.1. The third-order valence-electron chi connectivity index (χ3n) is 6.06. The Morgan fingerprint density at radius 3 is 2.09 bits per heavy atom. The highest BCUT2D eigenvalue weighted by molar-refractivity contribution is 7.89. The topological polar surface area (TPSA) is 86.7 Å². The van der Waals surface area contributed by atoms with Gasteiger partial charge in [-0.15, -0.1) is 0 Å². The van der Waals surface area contributed by atoms with Crippen molar-refractivity contribution in [1.29, 1.82) is 0 Å². The standard InChI is InChI=1S/C23H24F4N2O4S/c24-16-5-11-19(12-6-16)34(32,33)29(18-9-10-18)13-20(22(30)31)21(28-17-7-8-17)14-1-3-15(4-2-14)23(25,26)27/h1-6,11-12,17-18,20-21,28H,7-10,13H2,(H,30,31). The van der Waals surface area contributed by atoms with Crippen LogP contribution in [0, 0.1) is 11.7 Å². The minimum Gasteiger partial charge on any atom is -0.481 e. The zero-order chi connectivity index (χ0) is 24.7. The second-order valence-corrected chi connectivity index (χ2v) is 10.6. The van der Waals surface area contributed by atoms with Crippen LogP contribution in [0.1, 0.15) is 42.9 Å². The molecule has 2 saturated carbocycles. The monoisotopic (exact) mass is 500 g/mol. The Morgan fingerprint density at radius 1 is 1.03 bits per heavy atom. The number of benzene rings is 2. The van der Waals surface area contributed by atoms with Crippen LogP contribution in [0.3, 0.4) is 0 Å². The van der Waals surface area contributed by atoms with E-state index in [4.69, 9.17) is 0 Å². The zero-order valence-corrected chi connectivity index (χ0v) is 18.8. The number of hydrogen-bond acceptors (Lipinski definition) is 4. The summed E-state index contributed by atoms with van der Waals surface area (Å²) in [5.74, 6) is -3.12. The Kier molecular flexibility index (Phi) is 6.71. The number of rotatable bonds is 10. The number of aliphatic carboxylic acids is 1. The van der Waals surface area contributed by atoms with Gasteiger partial charge >= 0.3 is 12.1 Å². The summed E-state index contributed by atoms with van der Waals surface area (Å²) >= 11 is 0. The number of nitrogens with one attached hydrogen (secondary N) is 1. The van der Waals surface area contributed by atoms with Crippen LogP contribution in [0.25, 0.3) is 0 Å². The van der Waals surface area contributed by atoms with Crippen molar-refractivity contribution < 1.29 is 35.9 Å². The number of carboxylic acids is 1. The highest BCUT2D eigenvalue weighted by Crippen LogP contribution is 2.37. The van der Waals surface area contributed by atoms with Gasteiger partial charge in [0.05, 0.1) is 16.4 Å². The van der Waals surface area contributed by atoms with Crippen molar-refractivity contribution in [3.8, 4) is 0 Å². The predicted octanol–water partition coefficient (Wildman–Crippen LogP) is 4.19. The van der Waals surface area contributed by atoms with Gasteiger partial charge in [-0.05, 0) is 67.6 Å². The Balaban J connectivity index is 1.66. The summed E-state index contributed by atoms with van der Waals surface area (Å²) in [6, 6.07) is 7.28. The molecule has 184 valence electrons. The summed E-state index contributed by atoms with van der Waals surface area (Å²) in [6.45, 7) is -0.370. The zero-order valence-electron chi connectivity index (χ0n) is 18.0. The number of sulfonamides is 1. The molecule has 2 atom stereocenters. The van der Waals surface area contributed by atoms with Crippen LogP contribution in [0.5, 0.6) is 0 Å². The van der Waals surface area contributed by atoms with Crippen molar-refractivity contribution in [2.45, 2.75) is 54.9 Å². The fraction of sp³-hybridized carbons (Fsp3) is 0.435. The molecular formula is C23H24F4N2O4S. The van der Waals surface area contributed by atoms with Gasteiger partial charge < -0.3 is 10.4 Å². The predicted molar refractivity (Wildman–Crippen MR) is 115 cm³/mol. The van der Waals surface area contributed by atoms with E-state index in [1.54, 1.807) is 0 Å². The van der Waals surface area contributed by atoms with Crippen molar-refractivity contribution in [2.24, 2.45) is 5.92 Å². The van der Waals surface area contributed by atoms with Gasteiger partial charge in [0, 0.05) is 24.7 Å². The molecule has 2 aliphatic carbocycles. The molecule has 2 aromatic rings. The largest absolute Gasteiger partial charge is 0.481 e. The molecule has 0 aliphatic heterocycles. The van der Waals surface area contributed by atoms with Crippen molar-refractivity contribution in [2.75, 3.05) is 6.54 Å². The first-order valence-electron chi connectivity index (χ1n) is 10.9. The molecule has 0 amide bonds. The van der Waals surface area contributed by atoms with Gasteiger partial charge in [0.15, 0.2) is 0 Å². The van der Waals surface area contributed by atoms with Gasteiger partial charge in [-0.1, -0.05) is 12.1 Å². The average Bonchev–Trinajstić information content (AvgIpc) is 3.68. The molecule has 2 aliphatic rings. The first-order valence-corrected chi connectivity index (χ1v) is 12.3. The Bertz CT molecular complexity index is 1130. The van der Waals surface area contributed by atoms with E-state index in [0.29, 0.717) is 18.4 Å². The molecule has 6 nitrogen and oxygen atoms in total. The number of carbonyl (C=O) groups is 1. The maximum Gasteiger partial charge on any atom is 0.416 e. The molecule has 34 heavy (non-hydrogen) atoms. The number of halogens is 4. The van der Waals surface area contributed by atoms with Crippen LogP contribution in [0.15, 0.2) is 53.4 Å². The molecule has 0 aromatic heterocycles. The van der Waals surface area contributed by atoms with E-state index in [0.717, 1.165) is 53.5 Å². The van der Waals surface area contributed by atoms with Crippen LogP contribution in [0.2, 0.25) is 0 Å². The molecule has 0 bridgehead atoms. The van der Waals surface area contributed by atoms with Crippen LogP contribution in [-0.4, -0.2) is 42.4 Å². The lowest BCUT2D eigenvalue weighted by Crippen LogP contribution is -2.44. The van der Waals surface area contributed by atoms with Gasteiger partial charge in [0.2, 0.25) is 10.0 Å². The normalized spacial score (nSPS) is 18.6. The molecule has 4 rings (SSSR count). The van der Waals surface area contributed by atoms with Crippen LogP contribution < -0.4 is 5.32 Å². The van der Waals surface area contributed by atoms with E-state index in [-0.39, 0.29) is 23.5 Å². The van der Waals surface area contributed by atoms with Gasteiger partial charge in [-0.2, -0.15) is 17.5 Å². The average molecular weight is 501 g/mol. The fourth-order valence-electron chi connectivity index (χ4n) is 3.90. The van der Waals surface area contributed by atoms with Crippen molar-refractivity contribution in [1.82, 2.24) is 9.62 Å². The second kappa shape index (κ2) is 9.27. The molecule has 2 unspecified atom stereocenters. The number of nitrogens with zero attached hydrogens (tertiary/aromatic N) is 1. The number of alkyl halides is 3. The van der Waals surface area contributed by atoms with Crippen LogP contribution in [0.4, 0.5) is 17.6 Å². The molecular weight excluding hydrogens is 476 g/mol. The minimum absolute atomic E-state index is 0.0113. The van der Waals surface area contributed by atoms with Crippen molar-refractivity contribution in [3.05, 3.63) is 65.5 Å². The molecule has 11 heteroatoms. The Morgan fingerprint density at radius 2 is 1.62 bits per heavy atom. The highest BCUT2D eigenvalue weighted by Gasteiger charge is 2.43. The second-order valence-electron chi connectivity index (χ2n) is 8.74. The van der Waals surface area contributed by atoms with E-state index >= 15 is 0 Å². The van der Waals surface area contributed by atoms with E-state index in [1.807, 2.05) is 0 Å². The van der Waals surface area contributed by atoms with Crippen LogP contribution in [-0.2, 0) is 21.0 Å². The van der Waals surface area contributed by atoms with Crippen molar-refractivity contribution in [3.63, 3.8) is 0 Å². The molecule has 0 radical (unpaired) electrons. The molecule has 2 aromatic carbocycles. The smallest absolute Gasteiger partial charge is 0.416 e. The maximum atomic E-state index is 13.3. The summed E-state index contributed by atoms with van der Waals surface area (Å²) in [4.78, 5) is 12.2. The van der Waals surface area contributed by atoms with E-state index < -0.39 is 45.5 Å². The van der Waals surface area contributed by atoms with Crippen LogP contribution >= 0.6 is 0 Å². The highest BCUT2D eigenvalue weighted by atomic mass is 32.2. The summed E-state index contributed by atoms with van der Waals surface area (Å²) in [7, 11) is -4.11. The SMILES string of the molecule is O=C(O)C(CN(C1CC1)S(=O)(=O)c1ccc(F)cc1)C(NC1CC1)c1ccc(C(F)(F)F)cc1. The van der Waals surface area contributed by atoms with Gasteiger partial charge in [0.1, 0.15) is 5.82 Å². The van der Waals surface area contributed by atoms with E-state index in [1.165, 1.54) is 12.1 Å². The Hall–Kier alpha value is -2.50. The van der Waals surface area contributed by atoms with Gasteiger partial charge in [0.25, 0.3) is 0 Å². The molecule has 0 spiro atoms. The summed E-state index contributed by atoms with van der Waals surface area (Å²) in [5.41, 5.74) is -0.519. The number of carboxylic acid groups (broad SMARTS) is 1. The maximum absolute atomic E-state index is 13.3. The van der Waals surface area contributed by atoms with E-state index in [9.17, 15) is 35.9 Å². The molecule has 2 N–H and O–H groups in total. The van der Waals surface area contributed by atoms with Gasteiger partial charge in [-0.25, -0.2) is 12.8 Å². The third kappa shape index (κ3) is 5.59. The third-order valence-corrected chi connectivity index (χ3v) is 7.99. The molecule has 0 heterocycles. The summed E-state index contributed by atoms with van der Waals surface area (Å²) in [6.07, 6.45) is -1.81. The minimum atomic E-state index is -4.53. The van der Waals surface area contributed by atoms with Gasteiger partial charge in [-0.3, -0.25) is 4.79 Å². The lowest BCUT2D eigenvalue weighted by molar-refractivity contribution is -0.143. The Labute approximate surface area is 194 Å².